The van der Waals surface area contributed by atoms with E-state index < -0.39 is 0 Å². The van der Waals surface area contributed by atoms with Crippen LogP contribution in [-0.2, 0) is 6.42 Å². The van der Waals surface area contributed by atoms with Gasteiger partial charge in [-0.1, -0.05) is 164 Å². The molecule has 2 nitrogen and oxygen atoms in total. The van der Waals surface area contributed by atoms with Crippen LogP contribution in [0.25, 0.3) is 22.3 Å². The molecular formula is C36H48O2. The SMILES string of the molecule is CCCCCCCCCCCCCCCCCCc1c2c(-c3ccccc3)c(O)c(-c3ccccc3)c1O2. The normalized spacial score (nSPS) is 11.8. The summed E-state index contributed by atoms with van der Waals surface area (Å²) in [6.07, 6.45) is 23.2. The van der Waals surface area contributed by atoms with Gasteiger partial charge in [-0.25, -0.2) is 0 Å². The number of ether oxygens (including phenoxy) is 1. The minimum Gasteiger partial charge on any atom is -0.506 e. The van der Waals surface area contributed by atoms with Crippen molar-refractivity contribution in [1.29, 1.82) is 0 Å². The van der Waals surface area contributed by atoms with Crippen LogP contribution in [0.15, 0.2) is 60.7 Å². The summed E-state index contributed by atoms with van der Waals surface area (Å²) >= 11 is 0. The third-order valence-corrected chi connectivity index (χ3v) is 8.09. The van der Waals surface area contributed by atoms with Crippen LogP contribution < -0.4 is 4.74 Å². The Labute approximate surface area is 231 Å². The first kappa shape index (κ1) is 28.3. The highest BCUT2D eigenvalue weighted by Crippen LogP contribution is 2.60. The summed E-state index contributed by atoms with van der Waals surface area (Å²) < 4.78 is 6.21. The Morgan fingerprint density at radius 1 is 0.500 bits per heavy atom. The number of rotatable bonds is 19. The van der Waals surface area contributed by atoms with Crippen molar-refractivity contribution in [2.24, 2.45) is 0 Å². The Bertz CT molecular complexity index is 1020. The summed E-state index contributed by atoms with van der Waals surface area (Å²) in [4.78, 5) is 0. The van der Waals surface area contributed by atoms with E-state index in [1.54, 1.807) is 0 Å². The Morgan fingerprint density at radius 2 is 0.868 bits per heavy atom. The van der Waals surface area contributed by atoms with Crippen molar-refractivity contribution in [2.75, 3.05) is 0 Å². The molecule has 1 N–H and O–H groups in total. The van der Waals surface area contributed by atoms with Crippen LogP contribution in [0.1, 0.15) is 115 Å². The molecule has 0 amide bonds. The minimum absolute atomic E-state index is 0.342. The first-order valence-corrected chi connectivity index (χ1v) is 15.5. The van der Waals surface area contributed by atoms with E-state index in [1.807, 2.05) is 36.4 Å². The zero-order valence-corrected chi connectivity index (χ0v) is 23.6. The monoisotopic (exact) mass is 512 g/mol. The lowest BCUT2D eigenvalue weighted by Gasteiger charge is -2.31. The fourth-order valence-electron chi connectivity index (χ4n) is 5.85. The van der Waals surface area contributed by atoms with Gasteiger partial charge < -0.3 is 9.84 Å². The van der Waals surface area contributed by atoms with Gasteiger partial charge in [-0.3, -0.25) is 0 Å². The smallest absolute Gasteiger partial charge is 0.145 e. The van der Waals surface area contributed by atoms with Gasteiger partial charge in [0.15, 0.2) is 0 Å². The molecule has 0 radical (unpaired) electrons. The van der Waals surface area contributed by atoms with Crippen molar-refractivity contribution < 1.29 is 9.84 Å². The van der Waals surface area contributed by atoms with Crippen LogP contribution in [0.4, 0.5) is 0 Å². The highest BCUT2D eigenvalue weighted by atomic mass is 16.5. The number of hydrogen-bond acceptors (Lipinski definition) is 2. The number of unbranched alkanes of at least 4 members (excludes halogenated alkanes) is 15. The van der Waals surface area contributed by atoms with Crippen molar-refractivity contribution in [3.8, 4) is 39.5 Å². The molecule has 5 rings (SSSR count). The van der Waals surface area contributed by atoms with E-state index in [0.717, 1.165) is 40.2 Å². The minimum atomic E-state index is 0.342. The highest BCUT2D eigenvalue weighted by Gasteiger charge is 2.34. The van der Waals surface area contributed by atoms with Gasteiger partial charge in [-0.15, -0.1) is 0 Å². The van der Waals surface area contributed by atoms with Crippen LogP contribution in [-0.4, -0.2) is 5.11 Å². The van der Waals surface area contributed by atoms with E-state index >= 15 is 0 Å². The predicted octanol–water partition coefficient (Wildman–Crippen LogP) is 11.6. The summed E-state index contributed by atoms with van der Waals surface area (Å²) in [5.74, 6) is 2.10. The molecule has 0 aliphatic carbocycles. The van der Waals surface area contributed by atoms with Gasteiger partial charge >= 0.3 is 0 Å². The summed E-state index contributed by atoms with van der Waals surface area (Å²) in [5.41, 5.74) is 4.98. The van der Waals surface area contributed by atoms with Gasteiger partial charge in [0, 0.05) is 5.56 Å². The van der Waals surface area contributed by atoms with Gasteiger partial charge in [0.05, 0.1) is 11.1 Å². The summed E-state index contributed by atoms with van der Waals surface area (Å²) in [6.45, 7) is 2.29. The molecule has 2 aliphatic rings. The van der Waals surface area contributed by atoms with E-state index in [4.69, 9.17) is 4.74 Å². The maximum Gasteiger partial charge on any atom is 0.145 e. The average molecular weight is 513 g/mol. The van der Waals surface area contributed by atoms with Crippen molar-refractivity contribution in [3.63, 3.8) is 0 Å². The van der Waals surface area contributed by atoms with Crippen LogP contribution in [0.3, 0.4) is 0 Å². The topological polar surface area (TPSA) is 29.5 Å². The molecule has 0 saturated heterocycles. The second-order valence-corrected chi connectivity index (χ2v) is 11.1. The van der Waals surface area contributed by atoms with E-state index in [-0.39, 0.29) is 0 Å². The Hall–Kier alpha value is -2.74. The standard InChI is InChI=1S/C36H48O2/c1-2-3-4-5-6-7-8-9-10-11-12-13-14-15-16-23-28-31-35-32(29-24-19-17-20-25-29)34(37)33(36(31)38-35)30-26-21-18-22-27-30/h17-22,24-27,37H,2-16,23,28H2,1H3. The third-order valence-electron chi connectivity index (χ3n) is 8.09. The molecule has 2 heteroatoms. The van der Waals surface area contributed by atoms with Gasteiger partial charge in [-0.05, 0) is 24.0 Å². The number of aromatic hydroxyl groups is 1. The molecule has 2 bridgehead atoms. The molecule has 2 aliphatic heterocycles. The van der Waals surface area contributed by atoms with Crippen LogP contribution in [0, 0.1) is 0 Å². The second kappa shape index (κ2) is 15.6. The number of fused-ring (bicyclic) bond motifs is 2. The van der Waals surface area contributed by atoms with Crippen molar-refractivity contribution in [1.82, 2.24) is 0 Å². The third kappa shape index (κ3) is 7.65. The van der Waals surface area contributed by atoms with E-state index in [9.17, 15) is 5.11 Å². The largest absolute Gasteiger partial charge is 0.506 e. The van der Waals surface area contributed by atoms with Crippen LogP contribution in [0.5, 0.6) is 17.2 Å². The fraction of sp³-hybridized carbons (Fsp3) is 0.500. The molecule has 0 fully saturated rings. The van der Waals surface area contributed by atoms with Gasteiger partial charge in [0.25, 0.3) is 0 Å². The molecule has 0 atom stereocenters. The molecular weight excluding hydrogens is 464 g/mol. The summed E-state index contributed by atoms with van der Waals surface area (Å²) in [7, 11) is 0. The predicted molar refractivity (Wildman–Crippen MR) is 162 cm³/mol. The zero-order valence-electron chi connectivity index (χ0n) is 23.6. The Balaban J connectivity index is 1.18. The van der Waals surface area contributed by atoms with E-state index in [2.05, 4.69) is 31.2 Å². The molecule has 0 saturated carbocycles. The molecule has 204 valence electrons. The average Bonchev–Trinajstić information content (AvgIpc) is 2.95. The number of aryl methyl sites for hydroxylation is 1. The molecule has 0 aromatic heterocycles. The van der Waals surface area contributed by atoms with Gasteiger partial charge in [0.1, 0.15) is 17.2 Å². The summed E-state index contributed by atoms with van der Waals surface area (Å²) in [6, 6.07) is 20.3. The first-order valence-electron chi connectivity index (χ1n) is 15.5. The number of phenols is 1. The maximum atomic E-state index is 11.3. The van der Waals surface area contributed by atoms with Crippen LogP contribution >= 0.6 is 0 Å². The lowest BCUT2D eigenvalue weighted by Crippen LogP contribution is -2.10. The molecule has 38 heavy (non-hydrogen) atoms. The molecule has 2 heterocycles. The van der Waals surface area contributed by atoms with Crippen molar-refractivity contribution in [3.05, 3.63) is 66.2 Å². The lowest BCUT2D eigenvalue weighted by molar-refractivity contribution is 0.400. The number of phenolic OH excluding ortho intramolecular Hbond substituents is 1. The molecule has 3 aromatic rings. The molecule has 0 unspecified atom stereocenters. The van der Waals surface area contributed by atoms with Crippen LogP contribution in [0.2, 0.25) is 0 Å². The number of hydrogen-bond donors (Lipinski definition) is 1. The van der Waals surface area contributed by atoms with Crippen molar-refractivity contribution >= 4 is 0 Å². The highest BCUT2D eigenvalue weighted by molar-refractivity contribution is 5.95. The number of benzene rings is 3. The van der Waals surface area contributed by atoms with E-state index in [1.165, 1.54) is 108 Å². The quantitative estimate of drug-likeness (QED) is 0.127. The first-order chi connectivity index (χ1) is 18.8. The maximum absolute atomic E-state index is 11.3. The Kier molecular flexibility index (Phi) is 11.6. The molecule has 0 spiro atoms. The fourth-order valence-corrected chi connectivity index (χ4v) is 5.85. The van der Waals surface area contributed by atoms with E-state index in [0.29, 0.717) is 5.75 Å². The van der Waals surface area contributed by atoms with Gasteiger partial charge in [0.2, 0.25) is 0 Å². The van der Waals surface area contributed by atoms with Crippen molar-refractivity contribution in [2.45, 2.75) is 116 Å². The summed E-state index contributed by atoms with van der Waals surface area (Å²) in [5, 5.41) is 11.3. The zero-order chi connectivity index (χ0) is 26.4. The second-order valence-electron chi connectivity index (χ2n) is 11.1. The van der Waals surface area contributed by atoms with Gasteiger partial charge in [-0.2, -0.15) is 0 Å². The lowest BCUT2D eigenvalue weighted by atomic mass is 9.87. The Morgan fingerprint density at radius 3 is 1.26 bits per heavy atom. The molecule has 3 aromatic carbocycles.